The van der Waals surface area contributed by atoms with Crippen LogP contribution >= 0.6 is 11.6 Å². The van der Waals surface area contributed by atoms with Crippen LogP contribution in [0.1, 0.15) is 10.6 Å². The van der Waals surface area contributed by atoms with Gasteiger partial charge in [0.2, 0.25) is 0 Å². The molecule has 3 aromatic rings. The molecule has 3 heterocycles. The molecule has 0 atom stereocenters. The van der Waals surface area contributed by atoms with E-state index in [2.05, 4.69) is 19.8 Å². The van der Waals surface area contributed by atoms with E-state index < -0.39 is 24.6 Å². The molecule has 12 heteroatoms. The van der Waals surface area contributed by atoms with Crippen molar-refractivity contribution in [2.75, 3.05) is 6.61 Å². The van der Waals surface area contributed by atoms with Gasteiger partial charge in [0.25, 0.3) is 11.7 Å². The Morgan fingerprint density at radius 1 is 1.35 bits per heavy atom. The van der Waals surface area contributed by atoms with E-state index in [0.717, 1.165) is 6.07 Å². The van der Waals surface area contributed by atoms with Gasteiger partial charge in [0.1, 0.15) is 5.75 Å². The van der Waals surface area contributed by atoms with Crippen LogP contribution in [0.15, 0.2) is 30.6 Å². The zero-order valence-corrected chi connectivity index (χ0v) is 13.3. The van der Waals surface area contributed by atoms with Crippen LogP contribution in [0.5, 0.6) is 17.4 Å². The first-order valence-corrected chi connectivity index (χ1v) is 7.22. The predicted molar refractivity (Wildman–Crippen MR) is 80.8 cm³/mol. The molecule has 136 valence electrons. The minimum atomic E-state index is -4.55. The van der Waals surface area contributed by atoms with Crippen LogP contribution in [0.25, 0.3) is 5.65 Å². The molecule has 0 aliphatic rings. The van der Waals surface area contributed by atoms with Gasteiger partial charge in [0.05, 0.1) is 5.02 Å². The molecule has 3 aromatic heterocycles. The number of halogens is 4. The van der Waals surface area contributed by atoms with Crippen LogP contribution in [-0.2, 0) is 0 Å². The number of aromatic carboxylic acids is 1. The Labute approximate surface area is 147 Å². The molecule has 3 rings (SSSR count). The molecule has 0 aliphatic carbocycles. The molecule has 0 aromatic carbocycles. The van der Waals surface area contributed by atoms with Crippen LogP contribution in [0.2, 0.25) is 5.02 Å². The summed E-state index contributed by atoms with van der Waals surface area (Å²) in [7, 11) is 0. The van der Waals surface area contributed by atoms with E-state index in [4.69, 9.17) is 21.4 Å². The zero-order chi connectivity index (χ0) is 18.9. The maximum Gasteiger partial charge on any atom is 0.422 e. The molecule has 0 saturated carbocycles. The maximum absolute atomic E-state index is 12.4. The first-order valence-electron chi connectivity index (χ1n) is 6.84. The second kappa shape index (κ2) is 6.67. The van der Waals surface area contributed by atoms with E-state index in [1.165, 1.54) is 29.0 Å². The first kappa shape index (κ1) is 17.7. The van der Waals surface area contributed by atoms with Gasteiger partial charge in [-0.15, -0.1) is 5.10 Å². The van der Waals surface area contributed by atoms with E-state index in [1.54, 1.807) is 0 Å². The fourth-order valence-corrected chi connectivity index (χ4v) is 2.02. The van der Waals surface area contributed by atoms with Crippen molar-refractivity contribution in [3.8, 4) is 17.4 Å². The van der Waals surface area contributed by atoms with Crippen molar-refractivity contribution in [2.24, 2.45) is 0 Å². The van der Waals surface area contributed by atoms with Crippen molar-refractivity contribution in [2.45, 2.75) is 6.18 Å². The average Bonchev–Trinajstić information content (AvgIpc) is 2.98. The minimum Gasteiger partial charge on any atom is -0.478 e. The minimum absolute atomic E-state index is 0.0635. The highest BCUT2D eigenvalue weighted by Crippen LogP contribution is 2.32. The Kier molecular flexibility index (Phi) is 4.55. The fourth-order valence-electron chi connectivity index (χ4n) is 1.88. The average molecular weight is 389 g/mol. The van der Waals surface area contributed by atoms with Crippen molar-refractivity contribution in [1.82, 2.24) is 19.6 Å². The van der Waals surface area contributed by atoms with Crippen molar-refractivity contribution in [3.63, 3.8) is 0 Å². The lowest BCUT2D eigenvalue weighted by atomic mass is 10.4. The Bertz CT molecular complexity index is 976. The summed E-state index contributed by atoms with van der Waals surface area (Å²) in [4.78, 5) is 18.5. The van der Waals surface area contributed by atoms with Crippen LogP contribution in [0.4, 0.5) is 13.2 Å². The molecular formula is C14H8ClF3N4O4. The first-order chi connectivity index (χ1) is 12.2. The Morgan fingerprint density at radius 2 is 2.12 bits per heavy atom. The van der Waals surface area contributed by atoms with Gasteiger partial charge in [-0.2, -0.15) is 13.2 Å². The maximum atomic E-state index is 12.4. The number of carbonyl (C=O) groups is 1. The van der Waals surface area contributed by atoms with E-state index in [-0.39, 0.29) is 28.0 Å². The number of fused-ring (bicyclic) bond motifs is 1. The lowest BCUT2D eigenvalue weighted by Crippen LogP contribution is -2.19. The lowest BCUT2D eigenvalue weighted by molar-refractivity contribution is -0.153. The van der Waals surface area contributed by atoms with E-state index in [9.17, 15) is 18.0 Å². The Balaban J connectivity index is 1.88. The summed E-state index contributed by atoms with van der Waals surface area (Å²) >= 11 is 5.72. The van der Waals surface area contributed by atoms with Gasteiger partial charge >= 0.3 is 12.1 Å². The number of pyridine rings is 2. The van der Waals surface area contributed by atoms with Gasteiger partial charge in [-0.1, -0.05) is 11.6 Å². The normalized spacial score (nSPS) is 11.5. The van der Waals surface area contributed by atoms with E-state index in [1.807, 2.05) is 0 Å². The number of aromatic nitrogens is 4. The van der Waals surface area contributed by atoms with Crippen LogP contribution in [0, 0.1) is 0 Å². The predicted octanol–water partition coefficient (Wildman–Crippen LogP) is 3.21. The summed E-state index contributed by atoms with van der Waals surface area (Å²) in [5, 5.41) is 12.7. The highest BCUT2D eigenvalue weighted by Gasteiger charge is 2.29. The molecule has 0 fully saturated rings. The third-order valence-electron chi connectivity index (χ3n) is 2.89. The molecule has 0 unspecified atom stereocenters. The summed E-state index contributed by atoms with van der Waals surface area (Å²) < 4.78 is 48.4. The van der Waals surface area contributed by atoms with Gasteiger partial charge in [-0.3, -0.25) is 0 Å². The molecule has 0 saturated heterocycles. The topological polar surface area (TPSA) is 98.8 Å². The Morgan fingerprint density at radius 3 is 2.81 bits per heavy atom. The molecule has 1 N–H and O–H groups in total. The Hall–Kier alpha value is -3.08. The van der Waals surface area contributed by atoms with Crippen LogP contribution in [-0.4, -0.2) is 43.4 Å². The molecule has 0 aliphatic heterocycles. The van der Waals surface area contributed by atoms with Gasteiger partial charge in [0.15, 0.2) is 18.0 Å². The lowest BCUT2D eigenvalue weighted by Gasteiger charge is -2.13. The molecule has 26 heavy (non-hydrogen) atoms. The second-order valence-corrected chi connectivity index (χ2v) is 5.30. The van der Waals surface area contributed by atoms with Crippen molar-refractivity contribution >= 4 is 23.2 Å². The molecule has 0 amide bonds. The standard InChI is InChI=1S/C14H8ClF3N4O4/c15-7-3-9(25-6-14(16,17)18)12(19-5-7)26-8-1-2-22-10(4-8)20-11(21-22)13(23)24/h1-5H,6H2,(H,23,24). The van der Waals surface area contributed by atoms with E-state index >= 15 is 0 Å². The fraction of sp³-hybridized carbons (Fsp3) is 0.143. The molecule has 0 spiro atoms. The quantitative estimate of drug-likeness (QED) is 0.716. The number of alkyl halides is 3. The smallest absolute Gasteiger partial charge is 0.422 e. The third-order valence-corrected chi connectivity index (χ3v) is 3.10. The summed E-state index contributed by atoms with van der Waals surface area (Å²) in [6.07, 6.45) is -2.00. The number of hydrogen-bond donors (Lipinski definition) is 1. The van der Waals surface area contributed by atoms with Crippen molar-refractivity contribution < 1.29 is 32.5 Å². The summed E-state index contributed by atoms with van der Waals surface area (Å²) in [5.41, 5.74) is 0.159. The number of hydrogen-bond acceptors (Lipinski definition) is 6. The number of carboxylic acid groups (broad SMARTS) is 1. The van der Waals surface area contributed by atoms with Crippen molar-refractivity contribution in [3.05, 3.63) is 41.4 Å². The molecule has 0 radical (unpaired) electrons. The van der Waals surface area contributed by atoms with Gasteiger partial charge in [0, 0.05) is 24.5 Å². The van der Waals surface area contributed by atoms with Gasteiger partial charge in [-0.05, 0) is 6.07 Å². The van der Waals surface area contributed by atoms with Gasteiger partial charge < -0.3 is 14.6 Å². The summed E-state index contributed by atoms with van der Waals surface area (Å²) in [6, 6.07) is 3.87. The largest absolute Gasteiger partial charge is 0.478 e. The van der Waals surface area contributed by atoms with Crippen molar-refractivity contribution in [1.29, 1.82) is 0 Å². The van der Waals surface area contributed by atoms with Crippen LogP contribution in [0.3, 0.4) is 0 Å². The molecule has 8 nitrogen and oxygen atoms in total. The number of carboxylic acids is 1. The third kappa shape index (κ3) is 4.11. The highest BCUT2D eigenvalue weighted by molar-refractivity contribution is 6.30. The molecule has 0 bridgehead atoms. The number of ether oxygens (including phenoxy) is 2. The van der Waals surface area contributed by atoms with Crippen LogP contribution < -0.4 is 9.47 Å². The monoisotopic (exact) mass is 388 g/mol. The number of nitrogens with zero attached hydrogens (tertiary/aromatic N) is 4. The number of rotatable bonds is 5. The SMILES string of the molecule is O=C(O)c1nc2cc(Oc3ncc(Cl)cc3OCC(F)(F)F)ccn2n1. The van der Waals surface area contributed by atoms with E-state index in [0.29, 0.717) is 0 Å². The second-order valence-electron chi connectivity index (χ2n) is 4.87. The zero-order valence-electron chi connectivity index (χ0n) is 12.6. The van der Waals surface area contributed by atoms with Gasteiger partial charge in [-0.25, -0.2) is 19.3 Å². The molecular weight excluding hydrogens is 381 g/mol. The summed E-state index contributed by atoms with van der Waals surface area (Å²) in [5.74, 6) is -2.14. The highest BCUT2D eigenvalue weighted by atomic mass is 35.5. The summed E-state index contributed by atoms with van der Waals surface area (Å²) in [6.45, 7) is -1.55.